The van der Waals surface area contributed by atoms with E-state index >= 15 is 0 Å². The molecule has 0 radical (unpaired) electrons. The fourth-order valence-corrected chi connectivity index (χ4v) is 1.46. The van der Waals surface area contributed by atoms with Crippen molar-refractivity contribution in [2.24, 2.45) is 5.92 Å². The highest BCUT2D eigenvalue weighted by molar-refractivity contribution is 5.91. The molecule has 1 fully saturated rings. The Labute approximate surface area is 82.5 Å². The van der Waals surface area contributed by atoms with Crippen LogP contribution in [0.1, 0.15) is 19.8 Å². The summed E-state index contributed by atoms with van der Waals surface area (Å²) >= 11 is 0. The quantitative estimate of drug-likeness (QED) is 0.598. The van der Waals surface area contributed by atoms with Gasteiger partial charge in [-0.25, -0.2) is 0 Å². The van der Waals surface area contributed by atoms with E-state index in [1.165, 1.54) is 0 Å². The zero-order valence-electron chi connectivity index (χ0n) is 8.04. The maximum atomic E-state index is 11.4. The van der Waals surface area contributed by atoms with Crippen molar-refractivity contribution in [2.75, 3.05) is 6.54 Å². The van der Waals surface area contributed by atoms with Crippen molar-refractivity contribution in [1.29, 1.82) is 5.26 Å². The molecule has 0 aromatic carbocycles. The van der Waals surface area contributed by atoms with Gasteiger partial charge in [-0.05, 0) is 5.92 Å². The highest BCUT2D eigenvalue weighted by atomic mass is 16.2. The summed E-state index contributed by atoms with van der Waals surface area (Å²) in [7, 11) is 0. The molecular formula is C9H13N3O2. The summed E-state index contributed by atoms with van der Waals surface area (Å²) in [5, 5.41) is 13.5. The molecule has 14 heavy (non-hydrogen) atoms. The number of nitriles is 1. The highest BCUT2D eigenvalue weighted by Crippen LogP contribution is 2.15. The van der Waals surface area contributed by atoms with Gasteiger partial charge in [0.2, 0.25) is 11.8 Å². The third-order valence-corrected chi connectivity index (χ3v) is 2.21. The summed E-state index contributed by atoms with van der Waals surface area (Å²) in [6.07, 6.45) is 0.692. The predicted octanol–water partition coefficient (Wildman–Crippen LogP) is -0.459. The lowest BCUT2D eigenvalue weighted by molar-refractivity contribution is -0.126. The van der Waals surface area contributed by atoms with Gasteiger partial charge in [-0.2, -0.15) is 5.26 Å². The average molecular weight is 195 g/mol. The van der Waals surface area contributed by atoms with Crippen LogP contribution in [0.2, 0.25) is 0 Å². The summed E-state index contributed by atoms with van der Waals surface area (Å²) in [5.41, 5.74) is 0. The first-order chi connectivity index (χ1) is 6.65. The maximum Gasteiger partial charge on any atom is 0.242 e. The van der Waals surface area contributed by atoms with Gasteiger partial charge < -0.3 is 10.6 Å². The lowest BCUT2D eigenvalue weighted by Gasteiger charge is -2.13. The van der Waals surface area contributed by atoms with Crippen LogP contribution in [0.25, 0.3) is 0 Å². The molecule has 5 nitrogen and oxygen atoms in total. The minimum Gasteiger partial charge on any atom is -0.353 e. The molecule has 1 rings (SSSR count). The third-order valence-electron chi connectivity index (χ3n) is 2.21. The molecule has 2 N–H and O–H groups in total. The average Bonchev–Trinajstić information content (AvgIpc) is 2.45. The van der Waals surface area contributed by atoms with Crippen molar-refractivity contribution >= 4 is 11.8 Å². The van der Waals surface area contributed by atoms with E-state index in [4.69, 9.17) is 5.26 Å². The molecular weight excluding hydrogens is 182 g/mol. The van der Waals surface area contributed by atoms with Gasteiger partial charge in [0.25, 0.3) is 0 Å². The second-order valence-corrected chi connectivity index (χ2v) is 3.43. The molecule has 0 aliphatic carbocycles. The molecule has 2 unspecified atom stereocenters. The predicted molar refractivity (Wildman–Crippen MR) is 49.0 cm³/mol. The Bertz CT molecular complexity index is 282. The number of nitrogens with zero attached hydrogens (tertiary/aromatic N) is 1. The van der Waals surface area contributed by atoms with E-state index < -0.39 is 6.04 Å². The standard InChI is InChI=1S/C9H13N3O2/c1-6-5-7(13)12-8(6)9(14)11-4-2-3-10/h6,8H,2,4-5H2,1H3,(H,11,14)(H,12,13). The first kappa shape index (κ1) is 10.5. The number of amides is 2. The van der Waals surface area contributed by atoms with Gasteiger partial charge in [0.05, 0.1) is 12.5 Å². The molecule has 2 atom stereocenters. The molecule has 1 aliphatic rings. The Balaban J connectivity index is 2.38. The number of rotatable bonds is 3. The second-order valence-electron chi connectivity index (χ2n) is 3.43. The molecule has 2 amide bonds. The normalized spacial score (nSPS) is 25.3. The van der Waals surface area contributed by atoms with Gasteiger partial charge in [0, 0.05) is 13.0 Å². The van der Waals surface area contributed by atoms with Crippen LogP contribution in [-0.4, -0.2) is 24.4 Å². The van der Waals surface area contributed by atoms with Crippen molar-refractivity contribution in [3.05, 3.63) is 0 Å². The fourth-order valence-electron chi connectivity index (χ4n) is 1.46. The minimum absolute atomic E-state index is 0.0320. The summed E-state index contributed by atoms with van der Waals surface area (Å²) in [4.78, 5) is 22.4. The largest absolute Gasteiger partial charge is 0.353 e. The van der Waals surface area contributed by atoms with Gasteiger partial charge in [0.1, 0.15) is 6.04 Å². The van der Waals surface area contributed by atoms with Crippen molar-refractivity contribution in [3.63, 3.8) is 0 Å². The number of carbonyl (C=O) groups is 2. The van der Waals surface area contributed by atoms with E-state index in [1.54, 1.807) is 0 Å². The smallest absolute Gasteiger partial charge is 0.242 e. The van der Waals surface area contributed by atoms with Gasteiger partial charge >= 0.3 is 0 Å². The summed E-state index contributed by atoms with van der Waals surface area (Å²) in [5.74, 6) is -0.249. The third kappa shape index (κ3) is 2.46. The van der Waals surface area contributed by atoms with Crippen LogP contribution in [0.5, 0.6) is 0 Å². The molecule has 5 heteroatoms. The molecule has 0 aromatic rings. The van der Waals surface area contributed by atoms with E-state index in [0.29, 0.717) is 19.4 Å². The van der Waals surface area contributed by atoms with Crippen LogP contribution in [0.15, 0.2) is 0 Å². The molecule has 0 saturated carbocycles. The second kappa shape index (κ2) is 4.61. The van der Waals surface area contributed by atoms with Crippen LogP contribution < -0.4 is 10.6 Å². The lowest BCUT2D eigenvalue weighted by atomic mass is 10.0. The Hall–Kier alpha value is -1.57. The zero-order chi connectivity index (χ0) is 10.6. The molecule has 76 valence electrons. The number of nitrogens with one attached hydrogen (secondary N) is 2. The minimum atomic E-state index is -0.429. The van der Waals surface area contributed by atoms with E-state index in [2.05, 4.69) is 10.6 Å². The number of hydrogen-bond acceptors (Lipinski definition) is 3. The van der Waals surface area contributed by atoms with E-state index in [9.17, 15) is 9.59 Å². The fraction of sp³-hybridized carbons (Fsp3) is 0.667. The van der Waals surface area contributed by atoms with Gasteiger partial charge in [0.15, 0.2) is 0 Å². The number of carbonyl (C=O) groups excluding carboxylic acids is 2. The van der Waals surface area contributed by atoms with Crippen LogP contribution in [0, 0.1) is 17.2 Å². The first-order valence-electron chi connectivity index (χ1n) is 4.59. The molecule has 0 spiro atoms. The molecule has 1 aliphatic heterocycles. The zero-order valence-corrected chi connectivity index (χ0v) is 8.04. The maximum absolute atomic E-state index is 11.4. The van der Waals surface area contributed by atoms with Gasteiger partial charge in [-0.3, -0.25) is 9.59 Å². The van der Waals surface area contributed by atoms with Crippen LogP contribution >= 0.6 is 0 Å². The first-order valence-corrected chi connectivity index (χ1v) is 4.59. The van der Waals surface area contributed by atoms with E-state index in [-0.39, 0.29) is 17.7 Å². The van der Waals surface area contributed by atoms with Crippen molar-refractivity contribution in [3.8, 4) is 6.07 Å². The van der Waals surface area contributed by atoms with Crippen molar-refractivity contribution < 1.29 is 9.59 Å². The van der Waals surface area contributed by atoms with Crippen LogP contribution in [-0.2, 0) is 9.59 Å². The van der Waals surface area contributed by atoms with Crippen molar-refractivity contribution in [2.45, 2.75) is 25.8 Å². The van der Waals surface area contributed by atoms with Crippen molar-refractivity contribution in [1.82, 2.24) is 10.6 Å². The summed E-state index contributed by atoms with van der Waals surface area (Å²) < 4.78 is 0. The molecule has 0 bridgehead atoms. The van der Waals surface area contributed by atoms with Crippen LogP contribution in [0.3, 0.4) is 0 Å². The highest BCUT2D eigenvalue weighted by Gasteiger charge is 2.33. The topological polar surface area (TPSA) is 82.0 Å². The lowest BCUT2D eigenvalue weighted by Crippen LogP contribution is -2.44. The Morgan fingerprint density at radius 1 is 1.79 bits per heavy atom. The molecule has 0 aromatic heterocycles. The Kier molecular flexibility index (Phi) is 3.46. The van der Waals surface area contributed by atoms with Gasteiger partial charge in [-0.15, -0.1) is 0 Å². The van der Waals surface area contributed by atoms with Gasteiger partial charge in [-0.1, -0.05) is 6.92 Å². The molecule has 1 heterocycles. The molecule has 1 saturated heterocycles. The van der Waals surface area contributed by atoms with E-state index in [1.807, 2.05) is 13.0 Å². The summed E-state index contributed by atoms with van der Waals surface area (Å²) in [6, 6.07) is 1.50. The summed E-state index contributed by atoms with van der Waals surface area (Å²) in [6.45, 7) is 2.20. The SMILES string of the molecule is CC1CC(=O)NC1C(=O)NCCC#N. The van der Waals surface area contributed by atoms with Crippen LogP contribution in [0.4, 0.5) is 0 Å². The number of hydrogen-bond donors (Lipinski definition) is 2. The van der Waals surface area contributed by atoms with E-state index in [0.717, 1.165) is 0 Å². The Morgan fingerprint density at radius 3 is 3.00 bits per heavy atom. The Morgan fingerprint density at radius 2 is 2.50 bits per heavy atom. The monoisotopic (exact) mass is 195 g/mol.